The molecule has 8 nitrogen and oxygen atoms in total. The summed E-state index contributed by atoms with van der Waals surface area (Å²) in [7, 11) is 0. The molecule has 0 atom stereocenters. The minimum absolute atomic E-state index is 0.0400. The van der Waals surface area contributed by atoms with E-state index in [4.69, 9.17) is 4.98 Å². The standard InChI is InChI=1S/C29H31FN6O2.C2H6/c1-18-4-5-21(30)14-19(18)6-8-31-23-7-9-32-28(37)26(23)27-33-24-15-20-17-36(13-12-35-10-2-3-11-35)29(38)22(20)16-25(24)34-27;1-2/h4-5,7,9,14-16H,2-3,6,8,10-13,17H2,1H3,(H,33,34)(H2,31,32,37);1-2H3. The van der Waals surface area contributed by atoms with E-state index in [0.29, 0.717) is 47.7 Å². The van der Waals surface area contributed by atoms with Crippen LogP contribution >= 0.6 is 0 Å². The molecular weight excluding hydrogens is 507 g/mol. The molecule has 0 aliphatic carbocycles. The molecule has 6 rings (SSSR count). The van der Waals surface area contributed by atoms with Crippen LogP contribution in [-0.2, 0) is 13.0 Å². The minimum atomic E-state index is -0.271. The topological polar surface area (TPSA) is 97.1 Å². The number of carbonyl (C=O) groups is 1. The van der Waals surface area contributed by atoms with Crippen molar-refractivity contribution in [3.8, 4) is 11.4 Å². The van der Waals surface area contributed by atoms with Crippen molar-refractivity contribution in [3.05, 3.63) is 81.0 Å². The van der Waals surface area contributed by atoms with Crippen molar-refractivity contribution < 1.29 is 9.18 Å². The first-order chi connectivity index (χ1) is 19.5. The summed E-state index contributed by atoms with van der Waals surface area (Å²) >= 11 is 0. The van der Waals surface area contributed by atoms with Gasteiger partial charge in [0.05, 0.1) is 16.7 Å². The summed E-state index contributed by atoms with van der Waals surface area (Å²) in [6.45, 7) is 10.9. The number of fused-ring (bicyclic) bond motifs is 2. The maximum atomic E-state index is 13.7. The molecule has 0 unspecified atom stereocenters. The van der Waals surface area contributed by atoms with E-state index in [9.17, 15) is 14.0 Å². The van der Waals surface area contributed by atoms with E-state index in [-0.39, 0.29) is 17.3 Å². The van der Waals surface area contributed by atoms with E-state index in [1.54, 1.807) is 24.4 Å². The number of H-pyrrole nitrogens is 2. The quantitative estimate of drug-likeness (QED) is 0.287. The Morgan fingerprint density at radius 1 is 1.05 bits per heavy atom. The zero-order valence-electron chi connectivity index (χ0n) is 23.4. The number of rotatable bonds is 8. The van der Waals surface area contributed by atoms with Crippen LogP contribution in [0, 0.1) is 12.7 Å². The Bertz CT molecular complexity index is 1570. The first kappa shape index (κ1) is 27.6. The average Bonchev–Trinajstić information content (AvgIpc) is 3.69. The molecule has 2 aromatic heterocycles. The molecule has 1 saturated heterocycles. The number of anilines is 1. The molecule has 0 spiro atoms. The molecule has 9 heteroatoms. The van der Waals surface area contributed by atoms with Crippen LogP contribution in [0.3, 0.4) is 0 Å². The lowest BCUT2D eigenvalue weighted by Crippen LogP contribution is -2.33. The predicted octanol–water partition coefficient (Wildman–Crippen LogP) is 5.10. The zero-order valence-corrected chi connectivity index (χ0v) is 23.4. The van der Waals surface area contributed by atoms with Gasteiger partial charge in [-0.3, -0.25) is 9.59 Å². The first-order valence-corrected chi connectivity index (χ1v) is 14.2. The summed E-state index contributed by atoms with van der Waals surface area (Å²) in [5.41, 5.74) is 5.81. The SMILES string of the molecule is CC.Cc1ccc(F)cc1CCNc1cc[nH]c(=O)c1-c1nc2cc3c(cc2[nH]1)CN(CCN1CCCC1)C3=O. The number of likely N-dealkylation sites (tertiary alicyclic amines) is 1. The van der Waals surface area contributed by atoms with Gasteiger partial charge in [-0.25, -0.2) is 9.37 Å². The molecule has 0 saturated carbocycles. The number of pyridine rings is 1. The third-order valence-electron chi connectivity index (χ3n) is 7.69. The van der Waals surface area contributed by atoms with Crippen molar-refractivity contribution in [2.24, 2.45) is 0 Å². The summed E-state index contributed by atoms with van der Waals surface area (Å²) in [6, 6.07) is 10.4. The Labute approximate surface area is 233 Å². The highest BCUT2D eigenvalue weighted by atomic mass is 19.1. The van der Waals surface area contributed by atoms with E-state index >= 15 is 0 Å². The molecule has 1 amide bonds. The van der Waals surface area contributed by atoms with Gasteiger partial charge in [-0.15, -0.1) is 0 Å². The number of imidazole rings is 1. The van der Waals surface area contributed by atoms with E-state index in [1.807, 2.05) is 37.8 Å². The van der Waals surface area contributed by atoms with Crippen LogP contribution in [0.5, 0.6) is 0 Å². The molecule has 2 aliphatic heterocycles. The number of aromatic amines is 2. The second-order valence-corrected chi connectivity index (χ2v) is 10.2. The van der Waals surface area contributed by atoms with Crippen LogP contribution in [0.15, 0.2) is 47.4 Å². The van der Waals surface area contributed by atoms with Gasteiger partial charge < -0.3 is 25.1 Å². The Hall–Kier alpha value is -3.98. The number of nitrogens with zero attached hydrogens (tertiary/aromatic N) is 3. The number of hydrogen-bond acceptors (Lipinski definition) is 5. The van der Waals surface area contributed by atoms with Crippen molar-refractivity contribution in [2.45, 2.75) is 46.6 Å². The summed E-state index contributed by atoms with van der Waals surface area (Å²) in [5.74, 6) is 0.219. The van der Waals surface area contributed by atoms with Gasteiger partial charge in [-0.1, -0.05) is 19.9 Å². The maximum absolute atomic E-state index is 13.7. The van der Waals surface area contributed by atoms with Crippen LogP contribution in [0.2, 0.25) is 0 Å². The molecule has 4 heterocycles. The molecule has 2 aliphatic rings. The number of aromatic nitrogens is 3. The normalized spacial score (nSPS) is 14.9. The van der Waals surface area contributed by atoms with Crippen molar-refractivity contribution in [2.75, 3.05) is 38.0 Å². The predicted molar refractivity (Wildman–Crippen MR) is 157 cm³/mol. The van der Waals surface area contributed by atoms with Crippen LogP contribution in [0.25, 0.3) is 22.4 Å². The van der Waals surface area contributed by atoms with Gasteiger partial charge in [0.15, 0.2) is 0 Å². The van der Waals surface area contributed by atoms with Crippen molar-refractivity contribution in [1.29, 1.82) is 0 Å². The fraction of sp³-hybridized carbons (Fsp3) is 0.387. The number of hydrogen-bond donors (Lipinski definition) is 3. The van der Waals surface area contributed by atoms with Gasteiger partial charge >= 0.3 is 0 Å². The molecule has 2 aromatic carbocycles. The number of carbonyl (C=O) groups excluding carboxylic acids is 1. The summed E-state index contributed by atoms with van der Waals surface area (Å²) in [4.78, 5) is 41.0. The minimum Gasteiger partial charge on any atom is -0.384 e. The Balaban J connectivity index is 0.00000158. The highest BCUT2D eigenvalue weighted by molar-refractivity contribution is 6.02. The van der Waals surface area contributed by atoms with Gasteiger partial charge in [-0.2, -0.15) is 0 Å². The monoisotopic (exact) mass is 544 g/mol. The smallest absolute Gasteiger partial charge is 0.261 e. The molecule has 210 valence electrons. The van der Waals surface area contributed by atoms with Gasteiger partial charge in [0.25, 0.3) is 11.5 Å². The lowest BCUT2D eigenvalue weighted by molar-refractivity contribution is 0.0763. The third kappa shape index (κ3) is 5.65. The second kappa shape index (κ2) is 12.0. The lowest BCUT2D eigenvalue weighted by atomic mass is 10.1. The van der Waals surface area contributed by atoms with Crippen LogP contribution < -0.4 is 10.9 Å². The van der Waals surface area contributed by atoms with E-state index in [2.05, 4.69) is 20.2 Å². The Morgan fingerprint density at radius 2 is 1.85 bits per heavy atom. The molecule has 3 N–H and O–H groups in total. The van der Waals surface area contributed by atoms with Gasteiger partial charge in [0.2, 0.25) is 0 Å². The average molecular weight is 545 g/mol. The Morgan fingerprint density at radius 3 is 2.65 bits per heavy atom. The third-order valence-corrected chi connectivity index (χ3v) is 7.69. The number of halogens is 1. The zero-order chi connectivity index (χ0) is 28.2. The molecule has 0 radical (unpaired) electrons. The Kier molecular flexibility index (Phi) is 8.30. The van der Waals surface area contributed by atoms with Crippen LogP contribution in [0.4, 0.5) is 10.1 Å². The van der Waals surface area contributed by atoms with Crippen LogP contribution in [-0.4, -0.2) is 63.4 Å². The van der Waals surface area contributed by atoms with E-state index < -0.39 is 0 Å². The lowest BCUT2D eigenvalue weighted by Gasteiger charge is -2.20. The largest absolute Gasteiger partial charge is 0.384 e. The summed E-state index contributed by atoms with van der Waals surface area (Å²) in [6.07, 6.45) is 4.68. The van der Waals surface area contributed by atoms with Gasteiger partial charge in [0.1, 0.15) is 17.2 Å². The molecule has 1 fully saturated rings. The summed E-state index contributed by atoms with van der Waals surface area (Å²) in [5, 5.41) is 3.32. The molecule has 0 bridgehead atoms. The van der Waals surface area contributed by atoms with Gasteiger partial charge in [0, 0.05) is 37.9 Å². The maximum Gasteiger partial charge on any atom is 0.261 e. The molecule has 40 heavy (non-hydrogen) atoms. The van der Waals surface area contributed by atoms with Crippen molar-refractivity contribution in [3.63, 3.8) is 0 Å². The van der Waals surface area contributed by atoms with E-state index in [0.717, 1.165) is 48.4 Å². The highest BCUT2D eigenvalue weighted by Crippen LogP contribution is 2.30. The van der Waals surface area contributed by atoms with Crippen molar-refractivity contribution >= 4 is 22.6 Å². The first-order valence-electron chi connectivity index (χ1n) is 14.2. The van der Waals surface area contributed by atoms with Crippen molar-refractivity contribution in [1.82, 2.24) is 24.8 Å². The second-order valence-electron chi connectivity index (χ2n) is 10.2. The highest BCUT2D eigenvalue weighted by Gasteiger charge is 2.29. The fourth-order valence-electron chi connectivity index (χ4n) is 5.55. The van der Waals surface area contributed by atoms with Gasteiger partial charge in [-0.05, 0) is 86.3 Å². The number of amides is 1. The number of benzene rings is 2. The number of aryl methyl sites for hydroxylation is 1. The van der Waals surface area contributed by atoms with Crippen LogP contribution in [0.1, 0.15) is 53.7 Å². The summed E-state index contributed by atoms with van der Waals surface area (Å²) < 4.78 is 13.7. The number of nitrogens with one attached hydrogen (secondary N) is 3. The van der Waals surface area contributed by atoms with E-state index in [1.165, 1.54) is 18.9 Å². The fourth-order valence-corrected chi connectivity index (χ4v) is 5.55. The molecular formula is C31H37FN6O2. The molecule has 4 aromatic rings.